The maximum Gasteiger partial charge on any atom is 0.408 e. The fraction of sp³-hybridized carbons (Fsp3) is 0.320. The van der Waals surface area contributed by atoms with Crippen molar-refractivity contribution < 1.29 is 24.1 Å². The first-order chi connectivity index (χ1) is 17.7. The zero-order valence-electron chi connectivity index (χ0n) is 19.5. The van der Waals surface area contributed by atoms with Crippen LogP contribution in [0, 0.1) is 0 Å². The minimum Gasteiger partial charge on any atom is -0.465 e. The van der Waals surface area contributed by atoms with Crippen molar-refractivity contribution in [1.29, 1.82) is 0 Å². The Morgan fingerprint density at radius 1 is 1.22 bits per heavy atom. The second-order valence-electron chi connectivity index (χ2n) is 8.81. The lowest BCUT2D eigenvalue weighted by molar-refractivity contribution is -0.0412. The van der Waals surface area contributed by atoms with Gasteiger partial charge in [-0.25, -0.2) is 14.0 Å². The molecule has 0 radical (unpaired) electrons. The number of nitrogens with one attached hydrogen (secondary N) is 1. The third kappa shape index (κ3) is 4.46. The third-order valence-electron chi connectivity index (χ3n) is 6.64. The molecule has 194 valence electrons. The van der Waals surface area contributed by atoms with E-state index < -0.39 is 48.0 Å². The number of ether oxygens (including phenoxy) is 1. The highest BCUT2D eigenvalue weighted by atomic mass is 35.5. The molecule has 5 atom stereocenters. The highest BCUT2D eigenvalue weighted by Crippen LogP contribution is 2.50. The van der Waals surface area contributed by atoms with Gasteiger partial charge in [-0.2, -0.15) is 0 Å². The Morgan fingerprint density at radius 3 is 2.68 bits per heavy atom. The van der Waals surface area contributed by atoms with Gasteiger partial charge in [0.2, 0.25) is 0 Å². The second kappa shape index (κ2) is 9.97. The average molecular weight is 548 g/mol. The van der Waals surface area contributed by atoms with Crippen molar-refractivity contribution in [3.8, 4) is 0 Å². The molecule has 0 spiro atoms. The number of aliphatic hydroxyl groups is 1. The molecule has 2 aromatic carbocycles. The van der Waals surface area contributed by atoms with Gasteiger partial charge in [-0.05, 0) is 29.7 Å². The van der Waals surface area contributed by atoms with E-state index in [2.05, 4.69) is 4.98 Å². The van der Waals surface area contributed by atoms with Crippen LogP contribution in [0.3, 0.4) is 0 Å². The van der Waals surface area contributed by atoms with E-state index in [9.17, 15) is 24.6 Å². The highest BCUT2D eigenvalue weighted by Gasteiger charge is 2.48. The van der Waals surface area contributed by atoms with Crippen LogP contribution in [0.25, 0.3) is 0 Å². The van der Waals surface area contributed by atoms with E-state index in [1.165, 1.54) is 18.0 Å². The number of rotatable bonds is 5. The van der Waals surface area contributed by atoms with Crippen LogP contribution in [-0.2, 0) is 11.2 Å². The number of halogens is 2. The number of benzene rings is 2. The van der Waals surface area contributed by atoms with E-state index in [1.54, 1.807) is 31.2 Å². The van der Waals surface area contributed by atoms with Gasteiger partial charge >= 0.3 is 11.8 Å². The number of amides is 1. The predicted molar refractivity (Wildman–Crippen MR) is 134 cm³/mol. The molecule has 2 aliphatic heterocycles. The summed E-state index contributed by atoms with van der Waals surface area (Å²) in [4.78, 5) is 41.6. The molecule has 5 rings (SSSR count). The highest BCUT2D eigenvalue weighted by molar-refractivity contribution is 7.99. The summed E-state index contributed by atoms with van der Waals surface area (Å²) in [5, 5.41) is 21.4. The Kier molecular flexibility index (Phi) is 6.88. The smallest absolute Gasteiger partial charge is 0.408 e. The third-order valence-corrected chi connectivity index (χ3v) is 8.32. The van der Waals surface area contributed by atoms with Crippen molar-refractivity contribution in [2.45, 2.75) is 53.8 Å². The van der Waals surface area contributed by atoms with Crippen molar-refractivity contribution in [2.24, 2.45) is 0 Å². The van der Waals surface area contributed by atoms with Gasteiger partial charge < -0.3 is 14.9 Å². The van der Waals surface area contributed by atoms with Gasteiger partial charge in [0.15, 0.2) is 12.4 Å². The predicted octanol–water partition coefficient (Wildman–Crippen LogP) is 3.58. The Morgan fingerprint density at radius 2 is 1.95 bits per heavy atom. The van der Waals surface area contributed by atoms with E-state index in [0.717, 1.165) is 19.9 Å². The molecule has 3 aromatic rings. The molecule has 0 saturated carbocycles. The number of H-pyrrole nitrogens is 1. The molecule has 1 saturated heterocycles. The van der Waals surface area contributed by atoms with Crippen molar-refractivity contribution in [2.75, 3.05) is 6.54 Å². The largest absolute Gasteiger partial charge is 0.465 e. The van der Waals surface area contributed by atoms with Crippen LogP contribution in [0.15, 0.2) is 68.0 Å². The first-order valence-electron chi connectivity index (χ1n) is 11.6. The molecule has 0 bridgehead atoms. The van der Waals surface area contributed by atoms with Crippen LogP contribution in [0.2, 0.25) is 5.02 Å². The van der Waals surface area contributed by atoms with Crippen LogP contribution in [0.5, 0.6) is 0 Å². The van der Waals surface area contributed by atoms with E-state index in [-0.39, 0.29) is 12.1 Å². The standard InChI is InChI=1S/C25H23ClFN3O6S/c1-2-12-10-30(24(33)28-22(12)32)23-18(27)20(31)16(36-23)11-29(25(34)35)19-13-6-3-4-9-17(13)37-21-14(19)7-5-8-15(21)26/h3-10,16,18-20,23,31H,2,11H2,1H3,(H,34,35)(H,28,32,33)/t16-,18+,19?,20-,23-/m1/s1. The number of alkyl halides is 1. The lowest BCUT2D eigenvalue weighted by Gasteiger charge is -2.37. The van der Waals surface area contributed by atoms with Gasteiger partial charge in [0.05, 0.1) is 17.6 Å². The molecule has 1 unspecified atom stereocenters. The molecule has 2 aliphatic rings. The van der Waals surface area contributed by atoms with E-state index in [1.807, 2.05) is 18.2 Å². The summed E-state index contributed by atoms with van der Waals surface area (Å²) in [6.45, 7) is 1.32. The number of nitrogens with zero attached hydrogens (tertiary/aromatic N) is 2. The summed E-state index contributed by atoms with van der Waals surface area (Å²) in [7, 11) is 0. The number of hydrogen-bond acceptors (Lipinski definition) is 6. The van der Waals surface area contributed by atoms with Gasteiger partial charge in [0.25, 0.3) is 5.56 Å². The van der Waals surface area contributed by atoms with Gasteiger partial charge in [-0.3, -0.25) is 19.2 Å². The molecular formula is C25H23ClFN3O6S. The quantitative estimate of drug-likeness (QED) is 0.446. The zero-order valence-corrected chi connectivity index (χ0v) is 21.1. The molecule has 9 nitrogen and oxygen atoms in total. The second-order valence-corrected chi connectivity index (χ2v) is 10.3. The molecule has 12 heteroatoms. The first-order valence-corrected chi connectivity index (χ1v) is 12.8. The summed E-state index contributed by atoms with van der Waals surface area (Å²) >= 11 is 7.88. The Hall–Kier alpha value is -3.12. The van der Waals surface area contributed by atoms with Gasteiger partial charge in [-0.1, -0.05) is 60.6 Å². The number of hydrogen-bond donors (Lipinski definition) is 3. The number of aromatic amines is 1. The van der Waals surface area contributed by atoms with Crippen molar-refractivity contribution in [3.05, 3.63) is 91.2 Å². The minimum absolute atomic E-state index is 0.241. The number of fused-ring (bicyclic) bond motifs is 2. The normalized spacial score (nSPS) is 24.4. The maximum absolute atomic E-state index is 15.2. The lowest BCUT2D eigenvalue weighted by Crippen LogP contribution is -2.44. The van der Waals surface area contributed by atoms with Gasteiger partial charge in [-0.15, -0.1) is 0 Å². The van der Waals surface area contributed by atoms with Crippen LogP contribution >= 0.6 is 23.4 Å². The number of aromatic nitrogens is 2. The molecule has 1 fully saturated rings. The van der Waals surface area contributed by atoms with Gasteiger partial charge in [0, 0.05) is 21.6 Å². The molecule has 1 aromatic heterocycles. The summed E-state index contributed by atoms with van der Waals surface area (Å²) in [6, 6.07) is 11.7. The van der Waals surface area contributed by atoms with Crippen LogP contribution in [0.1, 0.15) is 35.9 Å². The van der Waals surface area contributed by atoms with Gasteiger partial charge in [0.1, 0.15) is 12.2 Å². The Labute approximate surface area is 219 Å². The monoisotopic (exact) mass is 547 g/mol. The van der Waals surface area contributed by atoms with Crippen LogP contribution in [0.4, 0.5) is 9.18 Å². The Balaban J connectivity index is 1.51. The summed E-state index contributed by atoms with van der Waals surface area (Å²) in [5.41, 5.74) is 0.140. The topological polar surface area (TPSA) is 125 Å². The molecule has 1 amide bonds. The van der Waals surface area contributed by atoms with Crippen molar-refractivity contribution in [1.82, 2.24) is 14.5 Å². The summed E-state index contributed by atoms with van der Waals surface area (Å²) in [5.74, 6) is 0. The SMILES string of the molecule is CCc1cn([C@@H]2O[C@H](CN(C(=O)O)C3c4ccccc4Sc4c(Cl)cccc43)[C@@H](O)[C@@H]2F)c(=O)[nH]c1=O. The first kappa shape index (κ1) is 25.5. The Bertz CT molecular complexity index is 1480. The molecular weight excluding hydrogens is 525 g/mol. The number of carboxylic acid groups (broad SMARTS) is 1. The minimum atomic E-state index is -2.04. The number of carbonyl (C=O) groups is 1. The van der Waals surface area contributed by atoms with E-state index in [4.69, 9.17) is 16.3 Å². The summed E-state index contributed by atoms with van der Waals surface area (Å²) in [6.07, 6.45) is -6.39. The molecule has 3 N–H and O–H groups in total. The van der Waals surface area contributed by atoms with Crippen molar-refractivity contribution >= 4 is 29.5 Å². The van der Waals surface area contributed by atoms with E-state index in [0.29, 0.717) is 21.9 Å². The average Bonchev–Trinajstić information content (AvgIpc) is 3.15. The fourth-order valence-electron chi connectivity index (χ4n) is 4.80. The lowest BCUT2D eigenvalue weighted by atomic mass is 9.95. The van der Waals surface area contributed by atoms with Crippen LogP contribution < -0.4 is 11.2 Å². The number of aryl methyl sites for hydroxylation is 1. The maximum atomic E-state index is 15.2. The fourth-order valence-corrected chi connectivity index (χ4v) is 6.22. The number of aliphatic hydroxyl groups excluding tert-OH is 1. The van der Waals surface area contributed by atoms with Crippen molar-refractivity contribution in [3.63, 3.8) is 0 Å². The molecule has 3 heterocycles. The molecule has 0 aliphatic carbocycles. The zero-order chi connectivity index (χ0) is 26.4. The summed E-state index contributed by atoms with van der Waals surface area (Å²) < 4.78 is 21.9. The van der Waals surface area contributed by atoms with E-state index >= 15 is 4.39 Å². The van der Waals surface area contributed by atoms with Crippen LogP contribution in [-0.4, -0.2) is 55.7 Å². The molecule has 37 heavy (non-hydrogen) atoms.